The lowest BCUT2D eigenvalue weighted by atomic mass is 10.5. The molecule has 0 saturated heterocycles. The Morgan fingerprint density at radius 1 is 1.33 bits per heavy atom. The third-order valence-corrected chi connectivity index (χ3v) is 1.86. The van der Waals surface area contributed by atoms with E-state index in [4.69, 9.17) is 23.2 Å². The van der Waals surface area contributed by atoms with Crippen LogP contribution in [-0.4, -0.2) is 22.3 Å². The average molecular weight is 249 g/mol. The number of nitrogens with one attached hydrogen (secondary N) is 2. The van der Waals surface area contributed by atoms with Crippen molar-refractivity contribution < 1.29 is 9.59 Å². The molecular weight excluding hydrogens is 243 g/mol. The Labute approximate surface area is 95.0 Å². The predicted octanol–water partition coefficient (Wildman–Crippen LogP) is 1.31. The van der Waals surface area contributed by atoms with Crippen LogP contribution in [-0.2, 0) is 9.59 Å². The molecule has 8 heteroatoms. The van der Waals surface area contributed by atoms with E-state index in [0.29, 0.717) is 6.41 Å². The van der Waals surface area contributed by atoms with Crippen molar-refractivity contribution in [2.45, 2.75) is 6.92 Å². The third kappa shape index (κ3) is 3.03. The van der Waals surface area contributed by atoms with Crippen molar-refractivity contribution in [3.05, 3.63) is 10.3 Å². The van der Waals surface area contributed by atoms with Gasteiger partial charge in [-0.3, -0.25) is 14.9 Å². The first-order valence-electron chi connectivity index (χ1n) is 3.75. The number of hydrogen-bond acceptors (Lipinski definition) is 4. The Hall–Kier alpha value is -1.40. The molecule has 0 unspecified atom stereocenters. The molecular formula is C7H6Cl2N4O2. The second kappa shape index (κ2) is 4.90. The normalized spacial score (nSPS) is 9.53. The minimum atomic E-state index is -0.349. The van der Waals surface area contributed by atoms with Crippen molar-refractivity contribution in [2.75, 3.05) is 10.6 Å². The fraction of sp³-hybridized carbons (Fsp3) is 0.143. The number of rotatable bonds is 3. The van der Waals surface area contributed by atoms with E-state index in [9.17, 15) is 9.59 Å². The summed E-state index contributed by atoms with van der Waals surface area (Å²) < 4.78 is 0. The van der Waals surface area contributed by atoms with Crippen molar-refractivity contribution in [3.63, 3.8) is 0 Å². The van der Waals surface area contributed by atoms with E-state index in [0.717, 1.165) is 0 Å². The van der Waals surface area contributed by atoms with Gasteiger partial charge in [-0.15, -0.1) is 0 Å². The van der Waals surface area contributed by atoms with Gasteiger partial charge < -0.3 is 5.32 Å². The number of nitrogens with zero attached hydrogens (tertiary/aromatic N) is 2. The number of amides is 2. The van der Waals surface area contributed by atoms with Gasteiger partial charge in [-0.2, -0.15) is 9.97 Å². The highest BCUT2D eigenvalue weighted by Crippen LogP contribution is 2.27. The summed E-state index contributed by atoms with van der Waals surface area (Å²) in [5, 5.41) is 4.45. The lowest BCUT2D eigenvalue weighted by Crippen LogP contribution is -2.10. The highest BCUT2D eigenvalue weighted by atomic mass is 35.5. The van der Waals surface area contributed by atoms with E-state index in [1.807, 2.05) is 0 Å². The van der Waals surface area contributed by atoms with Crippen LogP contribution in [0.2, 0.25) is 10.3 Å². The molecule has 80 valence electrons. The fourth-order valence-corrected chi connectivity index (χ4v) is 1.30. The first kappa shape index (κ1) is 11.7. The van der Waals surface area contributed by atoms with Crippen LogP contribution in [0, 0.1) is 0 Å². The van der Waals surface area contributed by atoms with Crippen LogP contribution in [0.5, 0.6) is 0 Å². The third-order valence-electron chi connectivity index (χ3n) is 1.31. The van der Waals surface area contributed by atoms with E-state index >= 15 is 0 Å². The SMILES string of the molecule is CC(=O)Nc1nc(Cl)c(NC=O)c(Cl)n1. The van der Waals surface area contributed by atoms with Gasteiger partial charge >= 0.3 is 0 Å². The molecule has 0 atom stereocenters. The molecule has 0 spiro atoms. The molecule has 2 N–H and O–H groups in total. The van der Waals surface area contributed by atoms with Crippen molar-refractivity contribution in [3.8, 4) is 0 Å². The molecule has 0 bridgehead atoms. The van der Waals surface area contributed by atoms with Gasteiger partial charge in [0.25, 0.3) is 0 Å². The van der Waals surface area contributed by atoms with Crippen molar-refractivity contribution >= 4 is 47.2 Å². The molecule has 15 heavy (non-hydrogen) atoms. The van der Waals surface area contributed by atoms with Gasteiger partial charge in [0.05, 0.1) is 0 Å². The number of aromatic nitrogens is 2. The van der Waals surface area contributed by atoms with E-state index in [1.54, 1.807) is 0 Å². The maximum Gasteiger partial charge on any atom is 0.232 e. The van der Waals surface area contributed by atoms with Crippen LogP contribution in [0.4, 0.5) is 11.6 Å². The van der Waals surface area contributed by atoms with Gasteiger partial charge in [-0.25, -0.2) is 0 Å². The monoisotopic (exact) mass is 248 g/mol. The smallest absolute Gasteiger partial charge is 0.232 e. The minimum Gasteiger partial charge on any atom is -0.324 e. The summed E-state index contributed by atoms with van der Waals surface area (Å²) in [5.74, 6) is -0.368. The maximum atomic E-state index is 10.7. The number of carbonyl (C=O) groups is 2. The zero-order chi connectivity index (χ0) is 11.4. The highest BCUT2D eigenvalue weighted by molar-refractivity contribution is 6.38. The van der Waals surface area contributed by atoms with Crippen LogP contribution < -0.4 is 10.6 Å². The molecule has 0 saturated carbocycles. The maximum absolute atomic E-state index is 10.7. The molecule has 0 aliphatic rings. The van der Waals surface area contributed by atoms with Crippen molar-refractivity contribution in [1.82, 2.24) is 9.97 Å². The summed E-state index contributed by atoms with van der Waals surface area (Å²) in [5.41, 5.74) is 0.0995. The Balaban J connectivity index is 3.07. The van der Waals surface area contributed by atoms with Crippen LogP contribution in [0.25, 0.3) is 0 Å². The number of hydrogen-bond donors (Lipinski definition) is 2. The number of halogens is 2. The molecule has 0 aliphatic carbocycles. The van der Waals surface area contributed by atoms with Gasteiger partial charge in [0.1, 0.15) is 5.69 Å². The van der Waals surface area contributed by atoms with Crippen LogP contribution >= 0.6 is 23.2 Å². The van der Waals surface area contributed by atoms with E-state index in [-0.39, 0.29) is 27.8 Å². The quantitative estimate of drug-likeness (QED) is 0.624. The zero-order valence-corrected chi connectivity index (χ0v) is 9.06. The van der Waals surface area contributed by atoms with E-state index < -0.39 is 0 Å². The largest absolute Gasteiger partial charge is 0.324 e. The molecule has 1 aromatic rings. The summed E-state index contributed by atoms with van der Waals surface area (Å²) in [4.78, 5) is 28.3. The second-order valence-electron chi connectivity index (χ2n) is 2.45. The molecule has 1 heterocycles. The summed E-state index contributed by atoms with van der Waals surface area (Å²) in [7, 11) is 0. The fourth-order valence-electron chi connectivity index (χ4n) is 0.799. The summed E-state index contributed by atoms with van der Waals surface area (Å²) >= 11 is 11.4. The number of anilines is 2. The molecule has 0 aliphatic heterocycles. The molecule has 0 fully saturated rings. The standard InChI is InChI=1S/C7H6Cl2N4O2/c1-3(15)11-7-12-5(8)4(10-2-14)6(9)13-7/h2H,1H3,(H,10,14)(H,11,12,13,15). The van der Waals surface area contributed by atoms with E-state index in [1.165, 1.54) is 6.92 Å². The Bertz CT molecular complexity index is 387. The van der Waals surface area contributed by atoms with Crippen LogP contribution in [0.3, 0.4) is 0 Å². The van der Waals surface area contributed by atoms with Gasteiger partial charge in [0.2, 0.25) is 18.3 Å². The molecule has 0 radical (unpaired) electrons. The number of carbonyl (C=O) groups excluding carboxylic acids is 2. The summed E-state index contributed by atoms with van der Waals surface area (Å²) in [6, 6.07) is 0. The highest BCUT2D eigenvalue weighted by Gasteiger charge is 2.11. The summed E-state index contributed by atoms with van der Waals surface area (Å²) in [6.45, 7) is 1.29. The first-order valence-corrected chi connectivity index (χ1v) is 4.51. The van der Waals surface area contributed by atoms with Gasteiger partial charge in [-0.05, 0) is 0 Å². The molecule has 0 aromatic carbocycles. The lowest BCUT2D eigenvalue weighted by molar-refractivity contribution is -0.114. The van der Waals surface area contributed by atoms with E-state index in [2.05, 4.69) is 20.6 Å². The first-order chi connectivity index (χ1) is 7.04. The Morgan fingerprint density at radius 2 is 1.87 bits per heavy atom. The topological polar surface area (TPSA) is 84.0 Å². The van der Waals surface area contributed by atoms with Crippen molar-refractivity contribution in [2.24, 2.45) is 0 Å². The van der Waals surface area contributed by atoms with Crippen LogP contribution in [0.1, 0.15) is 6.92 Å². The van der Waals surface area contributed by atoms with Gasteiger partial charge in [0, 0.05) is 6.92 Å². The molecule has 1 aromatic heterocycles. The zero-order valence-electron chi connectivity index (χ0n) is 7.54. The second-order valence-corrected chi connectivity index (χ2v) is 3.16. The lowest BCUT2D eigenvalue weighted by Gasteiger charge is -2.06. The Morgan fingerprint density at radius 3 is 2.27 bits per heavy atom. The average Bonchev–Trinajstić information content (AvgIpc) is 2.10. The predicted molar refractivity (Wildman–Crippen MR) is 56.0 cm³/mol. The summed E-state index contributed by atoms with van der Waals surface area (Å²) in [6.07, 6.45) is 0.397. The van der Waals surface area contributed by atoms with Gasteiger partial charge in [-0.1, -0.05) is 23.2 Å². The minimum absolute atomic E-state index is 0.0195. The van der Waals surface area contributed by atoms with Gasteiger partial charge in [0.15, 0.2) is 10.3 Å². The molecule has 2 amide bonds. The molecule has 1 rings (SSSR count). The van der Waals surface area contributed by atoms with Crippen molar-refractivity contribution in [1.29, 1.82) is 0 Å². The molecule has 6 nitrogen and oxygen atoms in total. The van der Waals surface area contributed by atoms with Crippen LogP contribution in [0.15, 0.2) is 0 Å². The Kier molecular flexibility index (Phi) is 3.81.